The Hall–Kier alpha value is -2.15. The predicted molar refractivity (Wildman–Crippen MR) is 64.0 cm³/mol. The van der Waals surface area contributed by atoms with Gasteiger partial charge in [-0.1, -0.05) is 6.07 Å². The molecule has 4 heteroatoms. The van der Waals surface area contributed by atoms with Crippen molar-refractivity contribution in [2.24, 2.45) is 0 Å². The molecule has 0 amide bonds. The fourth-order valence-corrected chi connectivity index (χ4v) is 1.83. The van der Waals surface area contributed by atoms with Gasteiger partial charge in [-0.15, -0.1) is 0 Å². The number of nitrogens with zero attached hydrogens (tertiary/aromatic N) is 2. The molecular weight excluding hydrogens is 214 g/mol. The van der Waals surface area contributed by atoms with Crippen LogP contribution >= 0.6 is 0 Å². The molecule has 2 rings (SSSR count). The smallest absolute Gasteiger partial charge is 0.253 e. The lowest BCUT2D eigenvalue weighted by Gasteiger charge is -2.18. The number of ketones is 1. The highest BCUT2D eigenvalue weighted by molar-refractivity contribution is 6.09. The van der Waals surface area contributed by atoms with Crippen LogP contribution in [0.2, 0.25) is 0 Å². The number of piperidine rings is 1. The summed E-state index contributed by atoms with van der Waals surface area (Å²) in [6.07, 6.45) is 4.45. The third-order valence-corrected chi connectivity index (χ3v) is 2.70. The minimum Gasteiger partial charge on any atom is -0.397 e. The number of hydrogen-bond donors (Lipinski definition) is 1. The summed E-state index contributed by atoms with van der Waals surface area (Å²) in [4.78, 5) is 19.5. The van der Waals surface area contributed by atoms with E-state index in [2.05, 4.69) is 15.1 Å². The molecule has 1 aliphatic rings. The third kappa shape index (κ3) is 2.51. The number of allylic oxidation sites excluding steroid dienone is 2. The summed E-state index contributed by atoms with van der Waals surface area (Å²) in [6.45, 7) is 7.99. The molecule has 0 aromatic carbocycles. The fraction of sp³-hybridized carbons (Fsp3) is 0.308. The standard InChI is InChI=1S/C13H13N3O/c1-14-12(10-6-2-4-8-15-10)13(17)11-7-3-5-9-16-11/h3,5,7,9,15H,2,4,6,8H2/b12-10+. The van der Waals surface area contributed by atoms with Crippen LogP contribution < -0.4 is 5.32 Å². The molecule has 0 unspecified atom stereocenters. The average molecular weight is 227 g/mol. The fourth-order valence-electron chi connectivity index (χ4n) is 1.83. The first-order valence-corrected chi connectivity index (χ1v) is 5.63. The van der Waals surface area contributed by atoms with Crippen molar-refractivity contribution in [3.05, 3.63) is 52.9 Å². The monoisotopic (exact) mass is 227 g/mol. The van der Waals surface area contributed by atoms with E-state index in [9.17, 15) is 4.79 Å². The van der Waals surface area contributed by atoms with E-state index >= 15 is 0 Å². The minimum atomic E-state index is -0.287. The second kappa shape index (κ2) is 5.26. The second-order valence-electron chi connectivity index (χ2n) is 3.87. The first-order chi connectivity index (χ1) is 8.33. The zero-order chi connectivity index (χ0) is 12.1. The number of carbonyl (C=O) groups excluding carboxylic acids is 1. The quantitative estimate of drug-likeness (QED) is 0.478. The minimum absolute atomic E-state index is 0.184. The summed E-state index contributed by atoms with van der Waals surface area (Å²) < 4.78 is 0. The average Bonchev–Trinajstić information content (AvgIpc) is 2.42. The molecule has 0 atom stereocenters. The van der Waals surface area contributed by atoms with E-state index < -0.39 is 0 Å². The summed E-state index contributed by atoms with van der Waals surface area (Å²) in [6, 6.07) is 5.14. The van der Waals surface area contributed by atoms with Crippen molar-refractivity contribution in [2.45, 2.75) is 19.3 Å². The van der Waals surface area contributed by atoms with Crippen LogP contribution in [-0.4, -0.2) is 17.3 Å². The largest absolute Gasteiger partial charge is 0.397 e. The Balaban J connectivity index is 2.31. The van der Waals surface area contributed by atoms with E-state index in [-0.39, 0.29) is 11.5 Å². The predicted octanol–water partition coefficient (Wildman–Crippen LogP) is 2.17. The van der Waals surface area contributed by atoms with Crippen molar-refractivity contribution >= 4 is 5.78 Å². The van der Waals surface area contributed by atoms with Crippen molar-refractivity contribution in [2.75, 3.05) is 6.54 Å². The zero-order valence-corrected chi connectivity index (χ0v) is 9.44. The lowest BCUT2D eigenvalue weighted by molar-refractivity contribution is 0.103. The number of nitrogens with one attached hydrogen (secondary N) is 1. The van der Waals surface area contributed by atoms with Gasteiger partial charge in [0, 0.05) is 18.4 Å². The van der Waals surface area contributed by atoms with Gasteiger partial charge >= 0.3 is 0 Å². The van der Waals surface area contributed by atoms with Gasteiger partial charge < -0.3 is 10.1 Å². The zero-order valence-electron chi connectivity index (χ0n) is 9.44. The second-order valence-corrected chi connectivity index (χ2v) is 3.87. The Morgan fingerprint density at radius 3 is 2.88 bits per heavy atom. The van der Waals surface area contributed by atoms with Crippen LogP contribution in [0.3, 0.4) is 0 Å². The van der Waals surface area contributed by atoms with Gasteiger partial charge in [-0.2, -0.15) is 0 Å². The van der Waals surface area contributed by atoms with Gasteiger partial charge in [0.1, 0.15) is 0 Å². The van der Waals surface area contributed by atoms with Crippen molar-refractivity contribution in [1.82, 2.24) is 10.3 Å². The molecule has 1 saturated heterocycles. The molecule has 0 bridgehead atoms. The molecule has 4 nitrogen and oxygen atoms in total. The highest BCUT2D eigenvalue weighted by Gasteiger charge is 2.20. The van der Waals surface area contributed by atoms with Gasteiger partial charge in [0.2, 0.25) is 5.78 Å². The van der Waals surface area contributed by atoms with Gasteiger partial charge in [-0.3, -0.25) is 4.98 Å². The Bertz CT molecular complexity index is 477. The van der Waals surface area contributed by atoms with Crippen LogP contribution in [0.15, 0.2) is 35.8 Å². The Kier molecular flexibility index (Phi) is 3.51. The maximum Gasteiger partial charge on any atom is 0.253 e. The highest BCUT2D eigenvalue weighted by atomic mass is 16.1. The molecule has 0 aliphatic carbocycles. The summed E-state index contributed by atoms with van der Waals surface area (Å²) in [5.41, 5.74) is 1.28. The molecule has 86 valence electrons. The van der Waals surface area contributed by atoms with Gasteiger partial charge in [-0.25, -0.2) is 4.85 Å². The van der Waals surface area contributed by atoms with Crippen LogP contribution in [0, 0.1) is 6.57 Å². The van der Waals surface area contributed by atoms with E-state index in [0.717, 1.165) is 31.5 Å². The van der Waals surface area contributed by atoms with Crippen LogP contribution in [0.1, 0.15) is 29.8 Å². The van der Waals surface area contributed by atoms with Crippen molar-refractivity contribution in [1.29, 1.82) is 0 Å². The van der Waals surface area contributed by atoms with Crippen molar-refractivity contribution in [3.63, 3.8) is 0 Å². The molecule has 1 aromatic rings. The summed E-state index contributed by atoms with van der Waals surface area (Å²) in [7, 11) is 0. The number of pyridine rings is 1. The van der Waals surface area contributed by atoms with Gasteiger partial charge in [0.25, 0.3) is 5.70 Å². The Labute approximate surface area is 100 Å². The van der Waals surface area contributed by atoms with E-state index in [1.54, 1.807) is 24.4 Å². The first kappa shape index (κ1) is 11.3. The van der Waals surface area contributed by atoms with Crippen LogP contribution in [0.5, 0.6) is 0 Å². The number of rotatable bonds is 2. The van der Waals surface area contributed by atoms with Crippen molar-refractivity contribution < 1.29 is 4.79 Å². The number of hydrogen-bond acceptors (Lipinski definition) is 3. The maximum atomic E-state index is 12.1. The lowest BCUT2D eigenvalue weighted by atomic mass is 10.1. The van der Waals surface area contributed by atoms with E-state index in [1.165, 1.54) is 0 Å². The van der Waals surface area contributed by atoms with E-state index in [4.69, 9.17) is 6.57 Å². The van der Waals surface area contributed by atoms with E-state index in [0.29, 0.717) is 5.69 Å². The molecule has 0 radical (unpaired) electrons. The summed E-state index contributed by atoms with van der Waals surface area (Å²) in [5, 5.41) is 3.14. The first-order valence-electron chi connectivity index (χ1n) is 5.63. The molecule has 2 heterocycles. The van der Waals surface area contributed by atoms with E-state index in [1.807, 2.05) is 0 Å². The molecule has 1 aliphatic heterocycles. The summed E-state index contributed by atoms with van der Waals surface area (Å²) in [5.74, 6) is -0.287. The molecule has 17 heavy (non-hydrogen) atoms. The van der Waals surface area contributed by atoms with Crippen LogP contribution in [0.25, 0.3) is 4.85 Å². The van der Waals surface area contributed by atoms with Crippen LogP contribution in [-0.2, 0) is 0 Å². The molecule has 1 N–H and O–H groups in total. The molecular formula is C13H13N3O. The van der Waals surface area contributed by atoms with Crippen molar-refractivity contribution in [3.8, 4) is 0 Å². The molecule has 1 aromatic heterocycles. The number of aromatic nitrogens is 1. The normalized spacial score (nSPS) is 17.8. The Morgan fingerprint density at radius 2 is 2.29 bits per heavy atom. The van der Waals surface area contributed by atoms with Gasteiger partial charge in [0.15, 0.2) is 0 Å². The SMILES string of the molecule is [C-]#[N+]/C(C(=O)c1ccccn1)=C1\CCCCN1. The lowest BCUT2D eigenvalue weighted by Crippen LogP contribution is -2.23. The molecule has 0 spiro atoms. The third-order valence-electron chi connectivity index (χ3n) is 2.70. The summed E-state index contributed by atoms with van der Waals surface area (Å²) >= 11 is 0. The number of Topliss-reactive ketones (excluding diaryl/α,β-unsaturated/α-hetero) is 1. The topological polar surface area (TPSA) is 46.4 Å². The number of carbonyl (C=O) groups is 1. The van der Waals surface area contributed by atoms with Gasteiger partial charge in [-0.05, 0) is 31.4 Å². The Morgan fingerprint density at radius 1 is 1.41 bits per heavy atom. The van der Waals surface area contributed by atoms with Gasteiger partial charge in [0.05, 0.1) is 12.3 Å². The molecule has 1 fully saturated rings. The highest BCUT2D eigenvalue weighted by Crippen LogP contribution is 2.18. The van der Waals surface area contributed by atoms with Crippen LogP contribution in [0.4, 0.5) is 0 Å². The maximum absolute atomic E-state index is 12.1. The molecule has 0 saturated carbocycles.